The highest BCUT2D eigenvalue weighted by Crippen LogP contribution is 2.20. The largest absolute Gasteiger partial charge is 0.496 e. The van der Waals surface area contributed by atoms with Crippen molar-refractivity contribution >= 4 is 11.3 Å². The van der Waals surface area contributed by atoms with Crippen LogP contribution >= 0.6 is 11.3 Å². The van der Waals surface area contributed by atoms with Crippen LogP contribution in [0.2, 0.25) is 0 Å². The van der Waals surface area contributed by atoms with Crippen molar-refractivity contribution in [3.63, 3.8) is 0 Å². The van der Waals surface area contributed by atoms with Crippen LogP contribution in [0.25, 0.3) is 0 Å². The van der Waals surface area contributed by atoms with Crippen molar-refractivity contribution in [3.05, 3.63) is 51.2 Å². The summed E-state index contributed by atoms with van der Waals surface area (Å²) in [4.78, 5) is 2.74. The molecule has 1 unspecified atom stereocenters. The van der Waals surface area contributed by atoms with Gasteiger partial charge in [-0.25, -0.2) is 0 Å². The molecule has 21 heavy (non-hydrogen) atoms. The summed E-state index contributed by atoms with van der Waals surface area (Å²) >= 11 is 1.84. The van der Waals surface area contributed by atoms with Crippen LogP contribution in [0.5, 0.6) is 5.75 Å². The highest BCUT2D eigenvalue weighted by Gasteiger charge is 2.08. The number of hydrogen-bond donors (Lipinski definition) is 1. The summed E-state index contributed by atoms with van der Waals surface area (Å²) in [7, 11) is 1.66. The molecule has 2 aromatic rings. The normalized spacial score (nSPS) is 11.9. The summed E-state index contributed by atoms with van der Waals surface area (Å²) in [5.74, 6) is 0.820. The molecule has 0 aliphatic rings. The number of ether oxygens (including phenoxy) is 1. The lowest BCUT2D eigenvalue weighted by Crippen LogP contribution is -2.27. The average Bonchev–Trinajstić information content (AvgIpc) is 2.89. The van der Waals surface area contributed by atoms with E-state index >= 15 is 0 Å². The van der Waals surface area contributed by atoms with E-state index in [-0.39, 0.29) is 0 Å². The molecule has 110 valence electrons. The van der Waals surface area contributed by atoms with Crippen LogP contribution in [0, 0.1) is 18.3 Å². The molecule has 1 aromatic heterocycles. The molecule has 0 fully saturated rings. The highest BCUT2D eigenvalue weighted by molar-refractivity contribution is 7.11. The van der Waals surface area contributed by atoms with Gasteiger partial charge in [-0.05, 0) is 50.6 Å². The molecule has 1 N–H and O–H groups in total. The monoisotopic (exact) mass is 300 g/mol. The number of methoxy groups -OCH3 is 1. The van der Waals surface area contributed by atoms with Gasteiger partial charge in [0.05, 0.1) is 18.7 Å². The van der Waals surface area contributed by atoms with E-state index in [2.05, 4.69) is 37.4 Å². The average molecular weight is 300 g/mol. The van der Waals surface area contributed by atoms with E-state index in [4.69, 9.17) is 10.00 Å². The van der Waals surface area contributed by atoms with Crippen molar-refractivity contribution in [2.75, 3.05) is 7.11 Å². The lowest BCUT2D eigenvalue weighted by Gasteiger charge is -2.15. The van der Waals surface area contributed by atoms with Crippen LogP contribution in [-0.2, 0) is 13.0 Å². The third-order valence-electron chi connectivity index (χ3n) is 3.35. The van der Waals surface area contributed by atoms with Gasteiger partial charge in [0.1, 0.15) is 5.75 Å². The number of rotatable bonds is 6. The number of thiophene rings is 1. The van der Waals surface area contributed by atoms with Crippen molar-refractivity contribution in [2.45, 2.75) is 32.9 Å². The molecule has 1 atom stereocenters. The first-order valence-electron chi connectivity index (χ1n) is 6.98. The summed E-state index contributed by atoms with van der Waals surface area (Å²) in [6.45, 7) is 5.00. The number of nitrogens with zero attached hydrogens (tertiary/aromatic N) is 1. The minimum absolute atomic E-state index is 0.374. The van der Waals surface area contributed by atoms with Crippen LogP contribution < -0.4 is 10.1 Å². The van der Waals surface area contributed by atoms with Gasteiger partial charge in [0, 0.05) is 27.9 Å². The maximum absolute atomic E-state index is 8.99. The molecular weight excluding hydrogens is 280 g/mol. The first kappa shape index (κ1) is 15.6. The molecule has 3 nitrogen and oxygen atoms in total. The Morgan fingerprint density at radius 3 is 2.76 bits per heavy atom. The first-order chi connectivity index (χ1) is 10.1. The molecule has 0 amide bonds. The van der Waals surface area contributed by atoms with E-state index in [1.807, 2.05) is 23.5 Å². The lowest BCUT2D eigenvalue weighted by atomic mass is 10.1. The molecule has 0 radical (unpaired) electrons. The van der Waals surface area contributed by atoms with Gasteiger partial charge in [-0.3, -0.25) is 0 Å². The number of nitriles is 1. The molecule has 0 aliphatic carbocycles. The molecule has 1 aromatic carbocycles. The second kappa shape index (κ2) is 7.26. The van der Waals surface area contributed by atoms with Gasteiger partial charge in [-0.15, -0.1) is 11.3 Å². The fourth-order valence-corrected chi connectivity index (χ4v) is 3.26. The number of aryl methyl sites for hydroxylation is 1. The van der Waals surface area contributed by atoms with Gasteiger partial charge >= 0.3 is 0 Å². The first-order valence-corrected chi connectivity index (χ1v) is 7.79. The second-order valence-electron chi connectivity index (χ2n) is 5.14. The Labute approximate surface area is 130 Å². The third-order valence-corrected chi connectivity index (χ3v) is 4.38. The number of hydrogen-bond acceptors (Lipinski definition) is 4. The third kappa shape index (κ3) is 4.32. The topological polar surface area (TPSA) is 45.0 Å². The van der Waals surface area contributed by atoms with Gasteiger partial charge in [0.2, 0.25) is 0 Å². The molecule has 0 saturated heterocycles. The molecule has 2 rings (SSSR count). The van der Waals surface area contributed by atoms with Gasteiger partial charge in [-0.2, -0.15) is 5.26 Å². The summed E-state index contributed by atoms with van der Waals surface area (Å²) in [6, 6.07) is 12.4. The van der Waals surface area contributed by atoms with E-state index < -0.39 is 0 Å². The Bertz CT molecular complexity index is 642. The molecule has 4 heteroatoms. The molecule has 0 bridgehead atoms. The fraction of sp³-hybridized carbons (Fsp3) is 0.353. The van der Waals surface area contributed by atoms with Crippen molar-refractivity contribution in [1.29, 1.82) is 5.26 Å². The molecular formula is C17H20N2OS. The minimum Gasteiger partial charge on any atom is -0.496 e. The zero-order chi connectivity index (χ0) is 15.2. The van der Waals surface area contributed by atoms with Crippen molar-refractivity contribution in [2.24, 2.45) is 0 Å². The Kier molecular flexibility index (Phi) is 5.38. The van der Waals surface area contributed by atoms with Gasteiger partial charge < -0.3 is 10.1 Å². The predicted molar refractivity (Wildman–Crippen MR) is 86.8 cm³/mol. The zero-order valence-electron chi connectivity index (χ0n) is 12.6. The standard InChI is InChI=1S/C17H20N2OS/c1-12(8-16-6-4-13(2)21-16)19-11-15-9-14(10-18)5-7-17(15)20-3/h4-7,9,12,19H,8,11H2,1-3H3. The van der Waals surface area contributed by atoms with Crippen LogP contribution in [0.1, 0.15) is 27.8 Å². The Morgan fingerprint density at radius 1 is 1.33 bits per heavy atom. The van der Waals surface area contributed by atoms with Crippen LogP contribution in [-0.4, -0.2) is 13.2 Å². The highest BCUT2D eigenvalue weighted by atomic mass is 32.1. The molecule has 0 spiro atoms. The van der Waals surface area contributed by atoms with E-state index in [0.29, 0.717) is 18.2 Å². The maximum atomic E-state index is 8.99. The Morgan fingerprint density at radius 2 is 2.14 bits per heavy atom. The van der Waals surface area contributed by atoms with Crippen molar-refractivity contribution < 1.29 is 4.74 Å². The van der Waals surface area contributed by atoms with Crippen LogP contribution in [0.4, 0.5) is 0 Å². The van der Waals surface area contributed by atoms with E-state index in [0.717, 1.165) is 17.7 Å². The Balaban J connectivity index is 1.97. The smallest absolute Gasteiger partial charge is 0.123 e. The SMILES string of the molecule is COc1ccc(C#N)cc1CNC(C)Cc1ccc(C)s1. The molecule has 0 saturated carbocycles. The fourth-order valence-electron chi connectivity index (χ4n) is 2.24. The minimum atomic E-state index is 0.374. The van der Waals surface area contributed by atoms with E-state index in [1.165, 1.54) is 9.75 Å². The van der Waals surface area contributed by atoms with Gasteiger partial charge in [0.25, 0.3) is 0 Å². The van der Waals surface area contributed by atoms with Crippen molar-refractivity contribution in [1.82, 2.24) is 5.32 Å². The molecule has 0 aliphatic heterocycles. The maximum Gasteiger partial charge on any atom is 0.123 e. The summed E-state index contributed by atoms with van der Waals surface area (Å²) in [5.41, 5.74) is 1.68. The second-order valence-corrected chi connectivity index (χ2v) is 6.51. The summed E-state index contributed by atoms with van der Waals surface area (Å²) in [6.07, 6.45) is 1.01. The van der Waals surface area contributed by atoms with E-state index in [9.17, 15) is 0 Å². The predicted octanol–water partition coefficient (Wildman–Crippen LogP) is 3.66. The zero-order valence-corrected chi connectivity index (χ0v) is 13.5. The molecule has 1 heterocycles. The quantitative estimate of drug-likeness (QED) is 0.885. The van der Waals surface area contributed by atoms with E-state index in [1.54, 1.807) is 13.2 Å². The Hall–Kier alpha value is -1.83. The lowest BCUT2D eigenvalue weighted by molar-refractivity contribution is 0.405. The van der Waals surface area contributed by atoms with Crippen LogP contribution in [0.15, 0.2) is 30.3 Å². The van der Waals surface area contributed by atoms with Crippen LogP contribution in [0.3, 0.4) is 0 Å². The van der Waals surface area contributed by atoms with Crippen molar-refractivity contribution in [3.8, 4) is 11.8 Å². The summed E-state index contributed by atoms with van der Waals surface area (Å²) in [5, 5.41) is 12.5. The summed E-state index contributed by atoms with van der Waals surface area (Å²) < 4.78 is 5.35. The van der Waals surface area contributed by atoms with Gasteiger partial charge in [0.15, 0.2) is 0 Å². The van der Waals surface area contributed by atoms with Gasteiger partial charge in [-0.1, -0.05) is 0 Å². The number of benzene rings is 1. The number of nitrogens with one attached hydrogen (secondary N) is 1.